The molecule has 0 aliphatic rings. The Morgan fingerprint density at radius 3 is 2.52 bits per heavy atom. The number of amides is 2. The smallest absolute Gasteiger partial charge is 0.308 e. The molecule has 2 aromatic carbocycles. The maximum Gasteiger partial charge on any atom is 0.308 e. The maximum absolute atomic E-state index is 12.5. The van der Waals surface area contributed by atoms with Crippen LogP contribution in [0.25, 0.3) is 0 Å². The predicted octanol–water partition coefficient (Wildman–Crippen LogP) is 2.89. The van der Waals surface area contributed by atoms with Crippen LogP contribution in [0, 0.1) is 0 Å². The Labute approximate surface area is 146 Å². The van der Waals surface area contributed by atoms with Gasteiger partial charge in [0.25, 0.3) is 5.91 Å². The summed E-state index contributed by atoms with van der Waals surface area (Å²) >= 11 is 0. The topological polar surface area (TPSA) is 84.5 Å². The van der Waals surface area contributed by atoms with E-state index < -0.39 is 5.97 Å². The number of esters is 1. The first kappa shape index (κ1) is 18.2. The van der Waals surface area contributed by atoms with Crippen molar-refractivity contribution in [3.63, 3.8) is 0 Å². The second kappa shape index (κ2) is 8.63. The standard InChI is InChI=1S/C19H20N2O4/c1-3-18(23)20-12-15-7-4-5-10-17(15)21-19(24)14-8-6-9-16(11-14)25-13(2)22/h4-11H,3,12H2,1-2H3,(H,20,23)(H,21,24). The van der Waals surface area contributed by atoms with E-state index in [0.717, 1.165) is 5.56 Å². The Morgan fingerprint density at radius 1 is 1.04 bits per heavy atom. The number of carbonyl (C=O) groups excluding carboxylic acids is 3. The third-order valence-corrected chi connectivity index (χ3v) is 3.42. The minimum absolute atomic E-state index is 0.0600. The molecule has 0 radical (unpaired) electrons. The lowest BCUT2D eigenvalue weighted by atomic mass is 10.1. The van der Waals surface area contributed by atoms with Crippen molar-refractivity contribution in [2.45, 2.75) is 26.8 Å². The largest absolute Gasteiger partial charge is 0.427 e. The molecule has 0 heterocycles. The molecule has 0 atom stereocenters. The highest BCUT2D eigenvalue weighted by atomic mass is 16.5. The molecule has 0 spiro atoms. The summed E-state index contributed by atoms with van der Waals surface area (Å²) in [7, 11) is 0. The number of hydrogen-bond acceptors (Lipinski definition) is 4. The molecular weight excluding hydrogens is 320 g/mol. The fraction of sp³-hybridized carbons (Fsp3) is 0.211. The van der Waals surface area contributed by atoms with Gasteiger partial charge >= 0.3 is 5.97 Å². The van der Waals surface area contributed by atoms with Gasteiger partial charge < -0.3 is 15.4 Å². The van der Waals surface area contributed by atoms with Crippen LogP contribution in [0.4, 0.5) is 5.69 Å². The number of rotatable bonds is 6. The van der Waals surface area contributed by atoms with Crippen LogP contribution in [-0.2, 0) is 16.1 Å². The first-order chi connectivity index (χ1) is 12.0. The second-order valence-corrected chi connectivity index (χ2v) is 5.36. The van der Waals surface area contributed by atoms with Crippen LogP contribution in [0.2, 0.25) is 0 Å². The highest BCUT2D eigenvalue weighted by Crippen LogP contribution is 2.18. The lowest BCUT2D eigenvalue weighted by Gasteiger charge is -2.12. The summed E-state index contributed by atoms with van der Waals surface area (Å²) in [5, 5.41) is 5.60. The highest BCUT2D eigenvalue weighted by Gasteiger charge is 2.11. The monoisotopic (exact) mass is 340 g/mol. The van der Waals surface area contributed by atoms with Gasteiger partial charge in [-0.05, 0) is 29.8 Å². The number of carbonyl (C=O) groups is 3. The van der Waals surface area contributed by atoms with E-state index in [-0.39, 0.29) is 11.8 Å². The number of nitrogens with one attached hydrogen (secondary N) is 2. The van der Waals surface area contributed by atoms with Gasteiger partial charge in [-0.2, -0.15) is 0 Å². The molecule has 0 aliphatic carbocycles. The molecule has 0 unspecified atom stereocenters. The molecule has 2 N–H and O–H groups in total. The Kier molecular flexibility index (Phi) is 6.28. The van der Waals surface area contributed by atoms with Gasteiger partial charge in [-0.1, -0.05) is 31.2 Å². The van der Waals surface area contributed by atoms with Crippen molar-refractivity contribution in [1.29, 1.82) is 0 Å². The predicted molar refractivity (Wildman–Crippen MR) is 94.3 cm³/mol. The van der Waals surface area contributed by atoms with Crippen molar-refractivity contribution >= 4 is 23.5 Å². The summed E-state index contributed by atoms with van der Waals surface area (Å²) in [5.74, 6) is -0.531. The van der Waals surface area contributed by atoms with Gasteiger partial charge in [0, 0.05) is 31.1 Å². The van der Waals surface area contributed by atoms with Crippen molar-refractivity contribution in [1.82, 2.24) is 5.32 Å². The quantitative estimate of drug-likeness (QED) is 0.625. The fourth-order valence-corrected chi connectivity index (χ4v) is 2.18. The van der Waals surface area contributed by atoms with Gasteiger partial charge in [0.05, 0.1) is 0 Å². The van der Waals surface area contributed by atoms with Crippen LogP contribution < -0.4 is 15.4 Å². The Bertz CT molecular complexity index is 786. The van der Waals surface area contributed by atoms with Gasteiger partial charge in [-0.25, -0.2) is 0 Å². The van der Waals surface area contributed by atoms with Crippen LogP contribution in [0.5, 0.6) is 5.75 Å². The summed E-state index contributed by atoms with van der Waals surface area (Å²) < 4.78 is 4.99. The highest BCUT2D eigenvalue weighted by molar-refractivity contribution is 6.05. The van der Waals surface area contributed by atoms with Crippen LogP contribution in [0.1, 0.15) is 36.2 Å². The number of benzene rings is 2. The zero-order valence-corrected chi connectivity index (χ0v) is 14.2. The van der Waals surface area contributed by atoms with E-state index in [2.05, 4.69) is 10.6 Å². The molecule has 0 bridgehead atoms. The van der Waals surface area contributed by atoms with Crippen LogP contribution in [-0.4, -0.2) is 17.8 Å². The van der Waals surface area contributed by atoms with Crippen molar-refractivity contribution in [2.24, 2.45) is 0 Å². The fourth-order valence-electron chi connectivity index (χ4n) is 2.18. The van der Waals surface area contributed by atoms with Crippen molar-refractivity contribution < 1.29 is 19.1 Å². The van der Waals surface area contributed by atoms with E-state index in [1.807, 2.05) is 12.1 Å². The van der Waals surface area contributed by atoms with Crippen LogP contribution in [0.15, 0.2) is 48.5 Å². The van der Waals surface area contributed by atoms with Gasteiger partial charge in [-0.3, -0.25) is 14.4 Å². The minimum Gasteiger partial charge on any atom is -0.427 e. The van der Waals surface area contributed by atoms with E-state index in [0.29, 0.717) is 30.0 Å². The minimum atomic E-state index is -0.449. The van der Waals surface area contributed by atoms with E-state index >= 15 is 0 Å². The molecular formula is C19H20N2O4. The van der Waals surface area contributed by atoms with Gasteiger partial charge in [-0.15, -0.1) is 0 Å². The molecule has 6 nitrogen and oxygen atoms in total. The zero-order chi connectivity index (χ0) is 18.2. The lowest BCUT2D eigenvalue weighted by Crippen LogP contribution is -2.22. The third kappa shape index (κ3) is 5.46. The van der Waals surface area contributed by atoms with Crippen molar-refractivity contribution in [2.75, 3.05) is 5.32 Å². The first-order valence-electron chi connectivity index (χ1n) is 7.94. The SMILES string of the molecule is CCC(=O)NCc1ccccc1NC(=O)c1cccc(OC(C)=O)c1. The molecule has 0 saturated heterocycles. The zero-order valence-electron chi connectivity index (χ0n) is 14.2. The van der Waals surface area contributed by atoms with Gasteiger partial charge in [0.2, 0.25) is 5.91 Å². The van der Waals surface area contributed by atoms with E-state index in [1.54, 1.807) is 37.3 Å². The van der Waals surface area contributed by atoms with Crippen LogP contribution >= 0.6 is 0 Å². The number of ether oxygens (including phenoxy) is 1. The average Bonchev–Trinajstić information content (AvgIpc) is 2.60. The molecule has 6 heteroatoms. The maximum atomic E-state index is 12.5. The number of para-hydroxylation sites is 1. The summed E-state index contributed by atoms with van der Waals surface area (Å²) in [6.07, 6.45) is 0.400. The van der Waals surface area contributed by atoms with E-state index in [9.17, 15) is 14.4 Å². The summed E-state index contributed by atoms with van der Waals surface area (Å²) in [6, 6.07) is 13.6. The Hall–Kier alpha value is -3.15. The van der Waals surface area contributed by atoms with Crippen molar-refractivity contribution in [3.05, 3.63) is 59.7 Å². The van der Waals surface area contributed by atoms with Crippen molar-refractivity contribution in [3.8, 4) is 5.75 Å². The van der Waals surface area contributed by atoms with Gasteiger partial charge in [0.1, 0.15) is 5.75 Å². The molecule has 0 aliphatic heterocycles. The number of hydrogen-bond donors (Lipinski definition) is 2. The molecule has 2 aromatic rings. The van der Waals surface area contributed by atoms with Crippen LogP contribution in [0.3, 0.4) is 0 Å². The van der Waals surface area contributed by atoms with Gasteiger partial charge in [0.15, 0.2) is 0 Å². The summed E-state index contributed by atoms with van der Waals surface area (Å²) in [6.45, 7) is 3.41. The Morgan fingerprint density at radius 2 is 1.80 bits per heavy atom. The molecule has 2 rings (SSSR count). The van der Waals surface area contributed by atoms with E-state index in [1.165, 1.54) is 13.0 Å². The third-order valence-electron chi connectivity index (χ3n) is 3.42. The lowest BCUT2D eigenvalue weighted by molar-refractivity contribution is -0.131. The molecule has 130 valence electrons. The number of anilines is 1. The first-order valence-corrected chi connectivity index (χ1v) is 7.94. The average molecular weight is 340 g/mol. The summed E-state index contributed by atoms with van der Waals surface area (Å²) in [4.78, 5) is 34.9. The second-order valence-electron chi connectivity index (χ2n) is 5.36. The molecule has 0 aromatic heterocycles. The molecule has 2 amide bonds. The summed E-state index contributed by atoms with van der Waals surface area (Å²) in [5.41, 5.74) is 1.78. The Balaban J connectivity index is 2.12. The molecule has 25 heavy (non-hydrogen) atoms. The van der Waals surface area contributed by atoms with E-state index in [4.69, 9.17) is 4.74 Å². The molecule has 0 fully saturated rings. The molecule has 0 saturated carbocycles. The normalized spacial score (nSPS) is 10.0.